The maximum Gasteiger partial charge on any atom is 0.207 e. The number of aryl methyl sites for hydroxylation is 1. The molecule has 0 spiro atoms. The minimum atomic E-state index is 0.808. The van der Waals surface area contributed by atoms with Gasteiger partial charge >= 0.3 is 0 Å². The fourth-order valence-electron chi connectivity index (χ4n) is 1.98. The van der Waals surface area contributed by atoms with E-state index in [1.165, 1.54) is 9.75 Å². The van der Waals surface area contributed by atoms with Gasteiger partial charge in [0.05, 0.1) is 6.54 Å². The van der Waals surface area contributed by atoms with E-state index in [2.05, 4.69) is 46.1 Å². The Morgan fingerprint density at radius 1 is 1.16 bits per heavy atom. The van der Waals surface area contributed by atoms with Crippen molar-refractivity contribution in [2.75, 3.05) is 5.32 Å². The molecule has 0 bridgehead atoms. The van der Waals surface area contributed by atoms with Crippen molar-refractivity contribution in [1.82, 2.24) is 9.55 Å². The maximum atomic E-state index is 4.37. The number of anilines is 1. The second kappa shape index (κ2) is 5.28. The molecular formula is C15H15N3S. The Hall–Kier alpha value is -2.07. The summed E-state index contributed by atoms with van der Waals surface area (Å²) < 4.78 is 2.06. The van der Waals surface area contributed by atoms with Gasteiger partial charge in [0.15, 0.2) is 0 Å². The zero-order valence-electron chi connectivity index (χ0n) is 10.7. The van der Waals surface area contributed by atoms with Crippen LogP contribution in [0.1, 0.15) is 9.75 Å². The highest BCUT2D eigenvalue weighted by Gasteiger charge is 2.04. The first-order valence-corrected chi connectivity index (χ1v) is 7.02. The van der Waals surface area contributed by atoms with Gasteiger partial charge in [-0.25, -0.2) is 4.98 Å². The second-order valence-corrected chi connectivity index (χ2v) is 5.69. The Morgan fingerprint density at radius 3 is 2.74 bits per heavy atom. The minimum absolute atomic E-state index is 0.808. The summed E-state index contributed by atoms with van der Waals surface area (Å²) in [7, 11) is 0. The van der Waals surface area contributed by atoms with Crippen LogP contribution in [0.15, 0.2) is 54.9 Å². The van der Waals surface area contributed by atoms with Gasteiger partial charge in [-0.15, -0.1) is 11.3 Å². The van der Waals surface area contributed by atoms with E-state index >= 15 is 0 Å². The Bertz CT molecular complexity index is 655. The molecule has 0 saturated carbocycles. The first kappa shape index (κ1) is 12.0. The second-order valence-electron chi connectivity index (χ2n) is 4.32. The van der Waals surface area contributed by atoms with E-state index in [-0.39, 0.29) is 0 Å². The Labute approximate surface area is 116 Å². The highest BCUT2D eigenvalue weighted by Crippen LogP contribution is 2.18. The zero-order valence-corrected chi connectivity index (χ0v) is 11.5. The van der Waals surface area contributed by atoms with Crippen molar-refractivity contribution < 1.29 is 0 Å². The molecule has 3 nitrogen and oxygen atoms in total. The summed E-state index contributed by atoms with van der Waals surface area (Å²) in [6.45, 7) is 2.93. The monoisotopic (exact) mass is 269 g/mol. The highest BCUT2D eigenvalue weighted by atomic mass is 32.1. The molecular weight excluding hydrogens is 254 g/mol. The summed E-state index contributed by atoms with van der Waals surface area (Å²) in [6.07, 6.45) is 3.78. The summed E-state index contributed by atoms with van der Waals surface area (Å²) in [6, 6.07) is 14.5. The van der Waals surface area contributed by atoms with Crippen molar-refractivity contribution in [3.8, 4) is 5.69 Å². The first-order valence-electron chi connectivity index (χ1n) is 6.21. The molecule has 1 aromatic carbocycles. The molecule has 0 unspecified atom stereocenters. The van der Waals surface area contributed by atoms with Gasteiger partial charge in [-0.3, -0.25) is 4.57 Å². The predicted octanol–water partition coefficient (Wildman–Crippen LogP) is 3.85. The van der Waals surface area contributed by atoms with Crippen molar-refractivity contribution in [2.45, 2.75) is 13.5 Å². The smallest absolute Gasteiger partial charge is 0.207 e. The lowest BCUT2D eigenvalue weighted by Gasteiger charge is -2.08. The van der Waals surface area contributed by atoms with Gasteiger partial charge in [-0.05, 0) is 31.2 Å². The third-order valence-corrected chi connectivity index (χ3v) is 3.89. The largest absolute Gasteiger partial charge is 0.350 e. The Balaban J connectivity index is 1.77. The van der Waals surface area contributed by atoms with E-state index < -0.39 is 0 Å². The molecule has 2 aromatic heterocycles. The highest BCUT2D eigenvalue weighted by molar-refractivity contribution is 7.11. The summed E-state index contributed by atoms with van der Waals surface area (Å²) in [5.41, 5.74) is 1.12. The number of nitrogens with zero attached hydrogens (tertiary/aromatic N) is 2. The van der Waals surface area contributed by atoms with Crippen molar-refractivity contribution >= 4 is 17.3 Å². The molecule has 0 radical (unpaired) electrons. The molecule has 2 heterocycles. The molecule has 3 rings (SSSR count). The maximum absolute atomic E-state index is 4.37. The van der Waals surface area contributed by atoms with Crippen LogP contribution < -0.4 is 5.32 Å². The number of hydrogen-bond donors (Lipinski definition) is 1. The number of rotatable bonds is 4. The topological polar surface area (TPSA) is 29.9 Å². The van der Waals surface area contributed by atoms with Gasteiger partial charge in [0.25, 0.3) is 0 Å². The third-order valence-electron chi connectivity index (χ3n) is 2.89. The Kier molecular flexibility index (Phi) is 3.33. The van der Waals surface area contributed by atoms with Crippen LogP contribution >= 0.6 is 11.3 Å². The zero-order chi connectivity index (χ0) is 13.1. The number of nitrogens with one attached hydrogen (secondary N) is 1. The van der Waals surface area contributed by atoms with Crippen LogP contribution in [-0.2, 0) is 6.54 Å². The third kappa shape index (κ3) is 2.69. The number of benzene rings is 1. The summed E-state index contributed by atoms with van der Waals surface area (Å²) in [4.78, 5) is 7.03. The molecule has 0 saturated heterocycles. The molecule has 4 heteroatoms. The number of para-hydroxylation sites is 1. The minimum Gasteiger partial charge on any atom is -0.350 e. The number of aromatic nitrogens is 2. The number of thiophene rings is 1. The van der Waals surface area contributed by atoms with Crippen LogP contribution in [0.2, 0.25) is 0 Å². The van der Waals surface area contributed by atoms with Gasteiger partial charge in [-0.2, -0.15) is 0 Å². The number of hydrogen-bond acceptors (Lipinski definition) is 3. The van der Waals surface area contributed by atoms with E-state index in [0.717, 1.165) is 18.2 Å². The fourth-order valence-corrected chi connectivity index (χ4v) is 2.81. The molecule has 0 amide bonds. The normalized spacial score (nSPS) is 10.6. The molecule has 0 aliphatic carbocycles. The summed E-state index contributed by atoms with van der Waals surface area (Å²) in [5.74, 6) is 0.872. The molecule has 0 fully saturated rings. The van der Waals surface area contributed by atoms with Crippen LogP contribution in [-0.4, -0.2) is 9.55 Å². The average molecular weight is 269 g/mol. The predicted molar refractivity (Wildman–Crippen MR) is 79.9 cm³/mol. The SMILES string of the molecule is Cc1ccc(CNc2nccn2-c2ccccc2)s1. The lowest BCUT2D eigenvalue weighted by molar-refractivity contribution is 1.01. The van der Waals surface area contributed by atoms with Crippen LogP contribution in [0.5, 0.6) is 0 Å². The van der Waals surface area contributed by atoms with Crippen molar-refractivity contribution in [1.29, 1.82) is 0 Å². The van der Waals surface area contributed by atoms with Gasteiger partial charge < -0.3 is 5.32 Å². The fraction of sp³-hybridized carbons (Fsp3) is 0.133. The van der Waals surface area contributed by atoms with Gasteiger partial charge in [0.2, 0.25) is 5.95 Å². The summed E-state index contributed by atoms with van der Waals surface area (Å²) in [5, 5.41) is 3.38. The lowest BCUT2D eigenvalue weighted by atomic mass is 10.3. The molecule has 19 heavy (non-hydrogen) atoms. The van der Waals surface area contributed by atoms with Crippen LogP contribution in [0, 0.1) is 6.92 Å². The molecule has 3 aromatic rings. The van der Waals surface area contributed by atoms with E-state index in [9.17, 15) is 0 Å². The van der Waals surface area contributed by atoms with E-state index in [0.29, 0.717) is 0 Å². The van der Waals surface area contributed by atoms with E-state index in [1.54, 1.807) is 0 Å². The molecule has 0 aliphatic heterocycles. The van der Waals surface area contributed by atoms with Crippen LogP contribution in [0.25, 0.3) is 5.69 Å². The molecule has 1 N–H and O–H groups in total. The molecule has 0 aliphatic rings. The molecule has 0 atom stereocenters. The summed E-state index contributed by atoms with van der Waals surface area (Å²) >= 11 is 1.81. The lowest BCUT2D eigenvalue weighted by Crippen LogP contribution is -2.04. The van der Waals surface area contributed by atoms with Gasteiger partial charge in [-0.1, -0.05) is 18.2 Å². The standard InChI is InChI=1S/C15H15N3S/c1-12-7-8-14(19-12)11-17-15-16-9-10-18(15)13-5-3-2-4-6-13/h2-10H,11H2,1H3,(H,16,17). The number of imidazole rings is 1. The van der Waals surface area contributed by atoms with E-state index in [4.69, 9.17) is 0 Å². The average Bonchev–Trinajstić information content (AvgIpc) is 3.06. The molecule has 96 valence electrons. The van der Waals surface area contributed by atoms with Crippen LogP contribution in [0.4, 0.5) is 5.95 Å². The first-order chi connectivity index (χ1) is 9.33. The van der Waals surface area contributed by atoms with Crippen molar-refractivity contribution in [3.63, 3.8) is 0 Å². The Morgan fingerprint density at radius 2 is 2.00 bits per heavy atom. The van der Waals surface area contributed by atoms with E-state index in [1.807, 2.05) is 41.9 Å². The van der Waals surface area contributed by atoms with Crippen LogP contribution in [0.3, 0.4) is 0 Å². The quantitative estimate of drug-likeness (QED) is 0.779. The van der Waals surface area contributed by atoms with Crippen molar-refractivity contribution in [3.05, 3.63) is 64.6 Å². The van der Waals surface area contributed by atoms with Crippen molar-refractivity contribution in [2.24, 2.45) is 0 Å². The van der Waals surface area contributed by atoms with Gasteiger partial charge in [0, 0.05) is 27.8 Å². The van der Waals surface area contributed by atoms with Gasteiger partial charge in [0.1, 0.15) is 0 Å².